The van der Waals surface area contributed by atoms with Gasteiger partial charge >= 0.3 is 0 Å². The summed E-state index contributed by atoms with van der Waals surface area (Å²) in [6.07, 6.45) is 7.98. The summed E-state index contributed by atoms with van der Waals surface area (Å²) in [6.45, 7) is 4.16. The Morgan fingerprint density at radius 2 is 2.00 bits per heavy atom. The number of unbranched alkanes of at least 4 members (excludes halogenated alkanes) is 1. The fourth-order valence-corrected chi connectivity index (χ4v) is 4.40. The summed E-state index contributed by atoms with van der Waals surface area (Å²) >= 11 is 1.54. The molecule has 2 rings (SSSR count). The number of fused-ring (bicyclic) bond motifs is 1. The van der Waals surface area contributed by atoms with Gasteiger partial charge in [0.05, 0.1) is 5.56 Å². The molecule has 1 aromatic rings. The summed E-state index contributed by atoms with van der Waals surface area (Å²) in [4.78, 5) is 25.5. The summed E-state index contributed by atoms with van der Waals surface area (Å²) in [5, 5.41) is 3.65. The van der Waals surface area contributed by atoms with Crippen molar-refractivity contribution in [3.8, 4) is 0 Å². The highest BCUT2D eigenvalue weighted by molar-refractivity contribution is 7.17. The largest absolute Gasteiger partial charge is 0.365 e. The van der Waals surface area contributed by atoms with Crippen LogP contribution in [0, 0.1) is 5.92 Å². The molecule has 4 nitrogen and oxygen atoms in total. The van der Waals surface area contributed by atoms with Crippen molar-refractivity contribution in [3.63, 3.8) is 0 Å². The standard InChI is InChI=1S/C17H26N2O2S/c1-3-5-8-11(4-2)16(21)19-17-14(15(18)20)12-9-6-7-10-13(12)22-17/h11H,3-10H2,1-2H3,(H2,18,20)(H,19,21)/t11-/m0/s1. The molecular formula is C17H26N2O2S. The first-order valence-electron chi connectivity index (χ1n) is 8.33. The second-order valence-corrected chi connectivity index (χ2v) is 7.12. The topological polar surface area (TPSA) is 72.2 Å². The highest BCUT2D eigenvalue weighted by Crippen LogP contribution is 2.38. The van der Waals surface area contributed by atoms with Crippen LogP contribution in [-0.4, -0.2) is 11.8 Å². The first-order chi connectivity index (χ1) is 10.6. The Labute approximate surface area is 136 Å². The zero-order valence-electron chi connectivity index (χ0n) is 13.5. The van der Waals surface area contributed by atoms with Gasteiger partial charge in [0.25, 0.3) is 5.91 Å². The zero-order chi connectivity index (χ0) is 16.1. The maximum atomic E-state index is 12.5. The third-order valence-corrected chi connectivity index (χ3v) is 5.63. The number of nitrogens with two attached hydrogens (primary N) is 1. The Bertz CT molecular complexity index is 551. The number of carbonyl (C=O) groups excluding carboxylic acids is 2. The van der Waals surface area contributed by atoms with Crippen molar-refractivity contribution in [1.82, 2.24) is 0 Å². The quantitative estimate of drug-likeness (QED) is 0.799. The van der Waals surface area contributed by atoms with E-state index in [-0.39, 0.29) is 11.8 Å². The SMILES string of the molecule is CCCC[C@H](CC)C(=O)Nc1sc2c(c1C(N)=O)CCCC2. The molecule has 1 heterocycles. The minimum Gasteiger partial charge on any atom is -0.365 e. The molecule has 3 N–H and O–H groups in total. The molecular weight excluding hydrogens is 296 g/mol. The van der Waals surface area contributed by atoms with Crippen LogP contribution in [0.25, 0.3) is 0 Å². The fraction of sp³-hybridized carbons (Fsp3) is 0.647. The number of thiophene rings is 1. The average Bonchev–Trinajstić information content (AvgIpc) is 2.85. The van der Waals surface area contributed by atoms with Crippen LogP contribution in [0.1, 0.15) is 73.2 Å². The summed E-state index contributed by atoms with van der Waals surface area (Å²) < 4.78 is 0. The average molecular weight is 322 g/mol. The maximum absolute atomic E-state index is 12.5. The minimum atomic E-state index is -0.420. The van der Waals surface area contributed by atoms with E-state index >= 15 is 0 Å². The normalized spacial score (nSPS) is 15.2. The second-order valence-electron chi connectivity index (χ2n) is 6.02. The lowest BCUT2D eigenvalue weighted by Crippen LogP contribution is -2.24. The predicted molar refractivity (Wildman–Crippen MR) is 91.4 cm³/mol. The number of carbonyl (C=O) groups is 2. The lowest BCUT2D eigenvalue weighted by atomic mass is 9.95. The zero-order valence-corrected chi connectivity index (χ0v) is 14.4. The Hall–Kier alpha value is -1.36. The molecule has 0 unspecified atom stereocenters. The van der Waals surface area contributed by atoms with Crippen molar-refractivity contribution in [2.75, 3.05) is 5.32 Å². The molecule has 122 valence electrons. The highest BCUT2D eigenvalue weighted by atomic mass is 32.1. The molecule has 0 saturated heterocycles. The summed E-state index contributed by atoms with van der Waals surface area (Å²) in [6, 6.07) is 0. The van der Waals surface area contributed by atoms with Crippen LogP contribution in [0.4, 0.5) is 5.00 Å². The van der Waals surface area contributed by atoms with E-state index in [1.54, 1.807) is 0 Å². The molecule has 1 aliphatic rings. The van der Waals surface area contributed by atoms with Gasteiger partial charge in [-0.15, -0.1) is 11.3 Å². The first-order valence-corrected chi connectivity index (χ1v) is 9.15. The Morgan fingerprint density at radius 1 is 1.27 bits per heavy atom. The first kappa shape index (κ1) is 17.0. The molecule has 2 amide bonds. The van der Waals surface area contributed by atoms with Crippen LogP contribution < -0.4 is 11.1 Å². The third-order valence-electron chi connectivity index (χ3n) is 4.42. The lowest BCUT2D eigenvalue weighted by Gasteiger charge is -2.14. The number of nitrogens with one attached hydrogen (secondary N) is 1. The molecule has 0 radical (unpaired) electrons. The van der Waals surface area contributed by atoms with Crippen molar-refractivity contribution in [2.24, 2.45) is 11.7 Å². The van der Waals surface area contributed by atoms with E-state index in [0.29, 0.717) is 10.6 Å². The third kappa shape index (κ3) is 3.69. The van der Waals surface area contributed by atoms with Crippen LogP contribution in [0.5, 0.6) is 0 Å². The van der Waals surface area contributed by atoms with E-state index in [9.17, 15) is 9.59 Å². The Morgan fingerprint density at radius 3 is 2.64 bits per heavy atom. The van der Waals surface area contributed by atoms with Crippen LogP contribution in [0.2, 0.25) is 0 Å². The predicted octanol–water partition coefficient (Wildman–Crippen LogP) is 3.88. The van der Waals surface area contributed by atoms with Crippen molar-refractivity contribution < 1.29 is 9.59 Å². The molecule has 1 aromatic heterocycles. The number of hydrogen-bond acceptors (Lipinski definition) is 3. The van der Waals surface area contributed by atoms with Gasteiger partial charge in [-0.1, -0.05) is 26.7 Å². The molecule has 0 bridgehead atoms. The van der Waals surface area contributed by atoms with E-state index in [1.807, 2.05) is 6.92 Å². The summed E-state index contributed by atoms with van der Waals surface area (Å²) in [5.41, 5.74) is 7.19. The van der Waals surface area contributed by atoms with Crippen molar-refractivity contribution in [1.29, 1.82) is 0 Å². The van der Waals surface area contributed by atoms with E-state index in [2.05, 4.69) is 12.2 Å². The number of aryl methyl sites for hydroxylation is 1. The van der Waals surface area contributed by atoms with Gasteiger partial charge in [-0.25, -0.2) is 0 Å². The molecule has 0 fully saturated rings. The molecule has 0 aliphatic heterocycles. The van der Waals surface area contributed by atoms with Gasteiger partial charge in [0.1, 0.15) is 5.00 Å². The monoisotopic (exact) mass is 322 g/mol. The minimum absolute atomic E-state index is 0.0137. The van der Waals surface area contributed by atoms with E-state index < -0.39 is 5.91 Å². The number of primary amides is 1. The molecule has 22 heavy (non-hydrogen) atoms. The molecule has 1 aliphatic carbocycles. The van der Waals surface area contributed by atoms with Gasteiger partial charge in [0, 0.05) is 10.8 Å². The smallest absolute Gasteiger partial charge is 0.251 e. The Balaban J connectivity index is 2.19. The van der Waals surface area contributed by atoms with Crippen LogP contribution in [-0.2, 0) is 17.6 Å². The van der Waals surface area contributed by atoms with Gasteiger partial charge in [0.2, 0.25) is 5.91 Å². The molecule has 0 spiro atoms. The van der Waals surface area contributed by atoms with Crippen molar-refractivity contribution in [2.45, 2.75) is 65.2 Å². The van der Waals surface area contributed by atoms with E-state index in [0.717, 1.165) is 56.9 Å². The van der Waals surface area contributed by atoms with Gasteiger partial charge in [-0.05, 0) is 44.1 Å². The van der Waals surface area contributed by atoms with Crippen molar-refractivity contribution in [3.05, 3.63) is 16.0 Å². The van der Waals surface area contributed by atoms with Crippen LogP contribution in [0.15, 0.2) is 0 Å². The van der Waals surface area contributed by atoms with E-state index in [1.165, 1.54) is 16.2 Å². The van der Waals surface area contributed by atoms with Gasteiger partial charge in [0.15, 0.2) is 0 Å². The van der Waals surface area contributed by atoms with Crippen LogP contribution in [0.3, 0.4) is 0 Å². The van der Waals surface area contributed by atoms with Gasteiger partial charge in [-0.2, -0.15) is 0 Å². The van der Waals surface area contributed by atoms with Crippen molar-refractivity contribution >= 4 is 28.2 Å². The lowest BCUT2D eigenvalue weighted by molar-refractivity contribution is -0.120. The summed E-state index contributed by atoms with van der Waals surface area (Å²) in [5.74, 6) is -0.381. The molecule has 0 aromatic carbocycles. The number of hydrogen-bond donors (Lipinski definition) is 2. The molecule has 1 atom stereocenters. The number of rotatable bonds is 7. The maximum Gasteiger partial charge on any atom is 0.251 e. The fourth-order valence-electron chi connectivity index (χ4n) is 3.10. The Kier molecular flexibility index (Phi) is 6.00. The number of amides is 2. The van der Waals surface area contributed by atoms with Gasteiger partial charge in [-0.3, -0.25) is 9.59 Å². The number of anilines is 1. The summed E-state index contributed by atoms with van der Waals surface area (Å²) in [7, 11) is 0. The van der Waals surface area contributed by atoms with Crippen LogP contribution >= 0.6 is 11.3 Å². The molecule has 5 heteroatoms. The van der Waals surface area contributed by atoms with Gasteiger partial charge < -0.3 is 11.1 Å². The highest BCUT2D eigenvalue weighted by Gasteiger charge is 2.26. The second kappa shape index (κ2) is 7.77. The van der Waals surface area contributed by atoms with E-state index in [4.69, 9.17) is 5.73 Å². The molecule has 0 saturated carbocycles.